The predicted molar refractivity (Wildman–Crippen MR) is 83.3 cm³/mol. The highest BCUT2D eigenvalue weighted by molar-refractivity contribution is 5.67. The molecule has 1 amide bonds. The molecule has 2 atom stereocenters. The van der Waals surface area contributed by atoms with E-state index >= 15 is 0 Å². The van der Waals surface area contributed by atoms with Crippen LogP contribution in [0.4, 0.5) is 23.7 Å². The molecule has 3 N–H and O–H groups in total. The molecule has 0 aliphatic carbocycles. The van der Waals surface area contributed by atoms with Crippen molar-refractivity contribution in [3.8, 4) is 0 Å². The van der Waals surface area contributed by atoms with Gasteiger partial charge in [-0.15, -0.1) is 0 Å². The summed E-state index contributed by atoms with van der Waals surface area (Å²) in [7, 11) is 0. The number of non-ortho nitro benzene ring substituents is 1. The van der Waals surface area contributed by atoms with Crippen LogP contribution in [-0.4, -0.2) is 39.5 Å². The summed E-state index contributed by atoms with van der Waals surface area (Å²) in [6.07, 6.45) is -9.39. The number of hydrogen-bond donors (Lipinski definition) is 3. The van der Waals surface area contributed by atoms with E-state index < -0.39 is 58.4 Å². The molecule has 1 rings (SSSR count). The van der Waals surface area contributed by atoms with Crippen LogP contribution in [0.2, 0.25) is 0 Å². The number of carbonyl (C=O) groups is 1. The fourth-order valence-electron chi connectivity index (χ4n) is 1.91. The smallest absolute Gasteiger partial charge is 0.416 e. The Bertz CT molecular complexity index is 672. The average molecular weight is 380 g/mol. The summed E-state index contributed by atoms with van der Waals surface area (Å²) in [6.45, 7) is 4.25. The first-order chi connectivity index (χ1) is 11.7. The number of nitro benzene ring substituents is 1. The van der Waals surface area contributed by atoms with Crippen molar-refractivity contribution in [3.63, 3.8) is 0 Å². The molecule has 0 aliphatic rings. The maximum Gasteiger partial charge on any atom is 0.416 e. The van der Waals surface area contributed by atoms with Crippen LogP contribution in [0.5, 0.6) is 0 Å². The van der Waals surface area contributed by atoms with E-state index in [1.165, 1.54) is 0 Å². The molecule has 0 fully saturated rings. The van der Waals surface area contributed by atoms with E-state index in [0.717, 1.165) is 6.07 Å². The summed E-state index contributed by atoms with van der Waals surface area (Å²) >= 11 is 0. The molecular weight excluding hydrogens is 361 g/mol. The lowest BCUT2D eigenvalue weighted by Crippen LogP contribution is -2.38. The first-order valence-corrected chi connectivity index (χ1v) is 7.40. The van der Waals surface area contributed by atoms with Crippen LogP contribution >= 0.6 is 0 Å². The molecule has 0 saturated heterocycles. The number of rotatable bonds is 5. The molecular formula is C15H19F3N2O6. The number of alkyl carbamates (subject to hydrolysis) is 1. The fourth-order valence-corrected chi connectivity index (χ4v) is 1.91. The number of nitrogens with one attached hydrogen (secondary N) is 1. The van der Waals surface area contributed by atoms with Crippen molar-refractivity contribution in [2.45, 2.75) is 44.8 Å². The predicted octanol–water partition coefficient (Wildman–Crippen LogP) is 2.53. The monoisotopic (exact) mass is 380 g/mol. The van der Waals surface area contributed by atoms with Crippen molar-refractivity contribution in [1.29, 1.82) is 0 Å². The van der Waals surface area contributed by atoms with Gasteiger partial charge in [0, 0.05) is 18.7 Å². The Morgan fingerprint density at radius 2 is 1.85 bits per heavy atom. The second-order valence-corrected chi connectivity index (χ2v) is 6.46. The normalized spacial score (nSPS) is 14.5. The highest BCUT2D eigenvalue weighted by Crippen LogP contribution is 2.34. The van der Waals surface area contributed by atoms with Crippen molar-refractivity contribution >= 4 is 11.8 Å². The summed E-state index contributed by atoms with van der Waals surface area (Å²) < 4.78 is 43.4. The van der Waals surface area contributed by atoms with Crippen LogP contribution in [0.3, 0.4) is 0 Å². The number of ether oxygens (including phenoxy) is 1. The molecule has 8 nitrogen and oxygen atoms in total. The molecule has 0 saturated carbocycles. The van der Waals surface area contributed by atoms with E-state index in [1.54, 1.807) is 20.8 Å². The summed E-state index contributed by atoms with van der Waals surface area (Å²) in [5, 5.41) is 32.8. The zero-order chi connectivity index (χ0) is 20.3. The highest BCUT2D eigenvalue weighted by Gasteiger charge is 2.34. The first-order valence-electron chi connectivity index (χ1n) is 7.40. The van der Waals surface area contributed by atoms with Crippen molar-refractivity contribution in [2.24, 2.45) is 0 Å². The molecule has 0 aliphatic heterocycles. The largest absolute Gasteiger partial charge is 0.444 e. The summed E-state index contributed by atoms with van der Waals surface area (Å²) in [4.78, 5) is 21.2. The van der Waals surface area contributed by atoms with Crippen LogP contribution in [-0.2, 0) is 10.9 Å². The van der Waals surface area contributed by atoms with Gasteiger partial charge in [0.05, 0.1) is 10.5 Å². The summed E-state index contributed by atoms with van der Waals surface area (Å²) in [6, 6.07) is 1.53. The Balaban J connectivity index is 2.94. The van der Waals surface area contributed by atoms with Crippen LogP contribution in [0.25, 0.3) is 0 Å². The molecule has 26 heavy (non-hydrogen) atoms. The number of alkyl halides is 3. The Hall–Kier alpha value is -2.40. The van der Waals surface area contributed by atoms with E-state index in [2.05, 4.69) is 5.32 Å². The Kier molecular flexibility index (Phi) is 6.55. The molecule has 146 valence electrons. The lowest BCUT2D eigenvalue weighted by Gasteiger charge is -2.22. The topological polar surface area (TPSA) is 122 Å². The molecule has 0 aromatic heterocycles. The van der Waals surface area contributed by atoms with Gasteiger partial charge in [-0.1, -0.05) is 0 Å². The van der Waals surface area contributed by atoms with E-state index in [0.29, 0.717) is 12.1 Å². The third-order valence-electron chi connectivity index (χ3n) is 3.04. The number of aliphatic hydroxyl groups is 2. The summed E-state index contributed by atoms with van der Waals surface area (Å²) in [5.41, 5.74) is -3.55. The van der Waals surface area contributed by atoms with Gasteiger partial charge < -0.3 is 20.3 Å². The minimum absolute atomic E-state index is 0.321. The zero-order valence-electron chi connectivity index (χ0n) is 14.2. The molecule has 11 heteroatoms. The molecule has 0 radical (unpaired) electrons. The minimum atomic E-state index is -4.87. The van der Waals surface area contributed by atoms with Gasteiger partial charge in [0.25, 0.3) is 5.69 Å². The zero-order valence-corrected chi connectivity index (χ0v) is 14.2. The lowest BCUT2D eigenvalue weighted by molar-refractivity contribution is -0.385. The number of carbonyl (C=O) groups excluding carboxylic acids is 1. The third-order valence-corrected chi connectivity index (χ3v) is 3.04. The standard InChI is InChI=1S/C15H19F3N2O6/c1-14(2,3)26-13(23)19-7-11(21)12(22)8-4-9(15(16,17)18)6-10(5-8)20(24)25/h4-6,11-12,21-22H,7H2,1-3H3,(H,19,23). The molecule has 2 unspecified atom stereocenters. The highest BCUT2D eigenvalue weighted by atomic mass is 19.4. The van der Waals surface area contributed by atoms with E-state index in [1.807, 2.05) is 0 Å². The Morgan fingerprint density at radius 3 is 2.31 bits per heavy atom. The van der Waals surface area contributed by atoms with Gasteiger partial charge in [-0.2, -0.15) is 13.2 Å². The number of nitro groups is 1. The quantitative estimate of drug-likeness (QED) is 0.533. The fraction of sp³-hybridized carbons (Fsp3) is 0.533. The third kappa shape index (κ3) is 6.48. The van der Waals surface area contributed by atoms with E-state index in [4.69, 9.17) is 4.74 Å². The number of hydrogen-bond acceptors (Lipinski definition) is 6. The first kappa shape index (κ1) is 21.6. The molecule has 0 spiro atoms. The average Bonchev–Trinajstić information content (AvgIpc) is 2.48. The van der Waals surface area contributed by atoms with Gasteiger partial charge >= 0.3 is 12.3 Å². The second-order valence-electron chi connectivity index (χ2n) is 6.46. The molecule has 0 heterocycles. The number of aliphatic hydroxyl groups excluding tert-OH is 2. The maximum absolute atomic E-state index is 12.8. The molecule has 1 aromatic carbocycles. The second kappa shape index (κ2) is 7.87. The molecule has 0 bridgehead atoms. The number of benzene rings is 1. The van der Waals surface area contributed by atoms with Crippen LogP contribution in [0, 0.1) is 10.1 Å². The Labute approximate surface area is 146 Å². The number of halogens is 3. The van der Waals surface area contributed by atoms with Crippen molar-refractivity contribution in [1.82, 2.24) is 5.32 Å². The molecule has 1 aromatic rings. The van der Waals surface area contributed by atoms with Crippen molar-refractivity contribution in [2.75, 3.05) is 6.54 Å². The van der Waals surface area contributed by atoms with Gasteiger partial charge in [-0.25, -0.2) is 4.79 Å². The van der Waals surface area contributed by atoms with Crippen molar-refractivity contribution < 1.29 is 37.8 Å². The lowest BCUT2D eigenvalue weighted by atomic mass is 10.0. The minimum Gasteiger partial charge on any atom is -0.444 e. The van der Waals surface area contributed by atoms with Crippen LogP contribution in [0.1, 0.15) is 38.0 Å². The SMILES string of the molecule is CC(C)(C)OC(=O)NCC(O)C(O)c1cc([N+](=O)[O-])cc(C(F)(F)F)c1. The number of amides is 1. The van der Waals surface area contributed by atoms with Gasteiger partial charge in [0.2, 0.25) is 0 Å². The van der Waals surface area contributed by atoms with E-state index in [-0.39, 0.29) is 0 Å². The number of nitrogens with zero attached hydrogens (tertiary/aromatic N) is 1. The summed E-state index contributed by atoms with van der Waals surface area (Å²) in [5.74, 6) is 0. The Morgan fingerprint density at radius 1 is 1.27 bits per heavy atom. The van der Waals surface area contributed by atoms with Gasteiger partial charge in [0.1, 0.15) is 17.8 Å². The van der Waals surface area contributed by atoms with Crippen LogP contribution in [0.15, 0.2) is 18.2 Å². The van der Waals surface area contributed by atoms with E-state index in [9.17, 15) is 38.3 Å². The van der Waals surface area contributed by atoms with Gasteiger partial charge in [0.15, 0.2) is 0 Å². The van der Waals surface area contributed by atoms with Gasteiger partial charge in [-0.3, -0.25) is 10.1 Å². The maximum atomic E-state index is 12.8. The van der Waals surface area contributed by atoms with Gasteiger partial charge in [-0.05, 0) is 32.4 Å². The van der Waals surface area contributed by atoms with Crippen molar-refractivity contribution in [3.05, 3.63) is 39.4 Å². The van der Waals surface area contributed by atoms with Crippen LogP contribution < -0.4 is 5.32 Å².